The van der Waals surface area contributed by atoms with Crippen LogP contribution in [0.15, 0.2) is 0 Å². The normalized spacial score (nSPS) is 14.0. The minimum atomic E-state index is -7.88. The number of ether oxygens (including phenoxy) is 2. The second kappa shape index (κ2) is 20.1. The van der Waals surface area contributed by atoms with Crippen LogP contribution in [-0.4, -0.2) is 73.5 Å². The van der Waals surface area contributed by atoms with Crippen LogP contribution in [0.4, 0.5) is 52.2 Å². The molecule has 20 heteroatoms. The van der Waals surface area contributed by atoms with E-state index in [0.717, 1.165) is 18.4 Å². The average Bonchev–Trinajstić information content (AvgIpc) is 2.59. The average molecular weight is 689 g/mol. The number of alkyl halides is 11. The third-order valence-corrected chi connectivity index (χ3v) is 4.29. The van der Waals surface area contributed by atoms with Crippen molar-refractivity contribution in [3.05, 3.63) is 0 Å². The van der Waals surface area contributed by atoms with Crippen LogP contribution < -0.4 is 0 Å². The van der Waals surface area contributed by atoms with Gasteiger partial charge in [-0.2, -0.15) is 56.7 Å². The number of aliphatic hydroxyl groups is 1. The summed E-state index contributed by atoms with van der Waals surface area (Å²) >= 11 is 3.28. The van der Waals surface area contributed by atoms with Crippen LogP contribution in [0, 0.1) is 0 Å². The van der Waals surface area contributed by atoms with Gasteiger partial charge in [-0.3, -0.25) is 9.53 Å². The topological polar surface area (TPSA) is 89.9 Å². The third-order valence-electron chi connectivity index (χ3n) is 2.86. The van der Waals surface area contributed by atoms with Gasteiger partial charge in [-0.25, -0.2) is 0 Å². The van der Waals surface area contributed by atoms with Crippen molar-refractivity contribution >= 4 is 32.2 Å². The number of carbonyl (C=O) groups excluding carboxylic acids is 1. The van der Waals surface area contributed by atoms with E-state index in [0.29, 0.717) is 0 Å². The standard InChI is InChI=1S/C6H13BrO2.C6F12O4S.6CH4/c1-6(5-8)9-4-2-3-7;7-1(19)2(8,4(11,12)13)22-5(14,15)3(9,10)6(16,17)23(18,20)21;;;;;;/h6,8H,2-5H2,1H3;;6*1H4. The molecule has 0 aromatic carbocycles. The molecule has 1 N–H and O–H groups in total. The van der Waals surface area contributed by atoms with Gasteiger partial charge in [-0.1, -0.05) is 64.4 Å². The molecule has 0 saturated heterocycles. The van der Waals surface area contributed by atoms with Crippen molar-refractivity contribution in [2.24, 2.45) is 0 Å². The Morgan fingerprint density at radius 3 is 1.50 bits per heavy atom. The zero-order valence-corrected chi connectivity index (χ0v) is 17.6. The maximum absolute atomic E-state index is 12.8. The van der Waals surface area contributed by atoms with Crippen molar-refractivity contribution in [3.63, 3.8) is 0 Å². The van der Waals surface area contributed by atoms with Crippen molar-refractivity contribution in [2.75, 3.05) is 18.5 Å². The summed E-state index contributed by atoms with van der Waals surface area (Å²) in [6.07, 6.45) is -13.6. The van der Waals surface area contributed by atoms with Crippen LogP contribution in [0.5, 0.6) is 0 Å². The summed E-state index contributed by atoms with van der Waals surface area (Å²) in [5.74, 6) is -14.5. The van der Waals surface area contributed by atoms with E-state index in [1.54, 1.807) is 0 Å². The second-order valence-electron chi connectivity index (χ2n) is 5.42. The lowest BCUT2D eigenvalue weighted by molar-refractivity contribution is -0.453. The van der Waals surface area contributed by atoms with Crippen LogP contribution in [0.25, 0.3) is 0 Å². The molecule has 6 nitrogen and oxygen atoms in total. The first-order valence-electron chi connectivity index (χ1n) is 7.48. The number of hydrogen-bond acceptors (Lipinski definition) is 6. The van der Waals surface area contributed by atoms with Crippen LogP contribution in [0.2, 0.25) is 0 Å². The number of carbonyl (C=O) groups is 1. The van der Waals surface area contributed by atoms with Crippen LogP contribution in [0.1, 0.15) is 57.9 Å². The zero-order valence-electron chi connectivity index (χ0n) is 15.2. The van der Waals surface area contributed by atoms with Gasteiger partial charge >= 0.3 is 45.6 Å². The molecule has 0 aliphatic carbocycles. The smallest absolute Gasteiger partial charge is 0.394 e. The first-order valence-corrected chi connectivity index (χ1v) is 9.98. The van der Waals surface area contributed by atoms with Gasteiger partial charge in [-0.15, -0.1) is 0 Å². The summed E-state index contributed by atoms with van der Waals surface area (Å²) in [5, 5.41) is 2.04. The van der Waals surface area contributed by atoms with E-state index in [9.17, 15) is 65.4 Å². The molecule has 0 aliphatic heterocycles. The Labute approximate surface area is 224 Å². The molecule has 38 heavy (non-hydrogen) atoms. The number of halogens is 13. The molecule has 2 unspecified atom stereocenters. The number of aliphatic hydroxyl groups excluding tert-OH is 1. The fourth-order valence-corrected chi connectivity index (χ4v) is 1.82. The maximum Gasteiger partial charge on any atom is 0.459 e. The summed E-state index contributed by atoms with van der Waals surface area (Å²) in [4.78, 5) is 9.72. The van der Waals surface area contributed by atoms with E-state index in [4.69, 9.17) is 9.84 Å². The van der Waals surface area contributed by atoms with Gasteiger partial charge in [0, 0.05) is 11.9 Å². The molecular formula is C18H37BrF12O6S. The first kappa shape index (κ1) is 57.1. The highest BCUT2D eigenvalue weighted by molar-refractivity contribution is 9.09. The van der Waals surface area contributed by atoms with Gasteiger partial charge in [-0.05, 0) is 13.3 Å². The first-order chi connectivity index (χ1) is 14.0. The molecule has 0 spiro atoms. The van der Waals surface area contributed by atoms with Crippen molar-refractivity contribution in [2.45, 2.75) is 93.3 Å². The van der Waals surface area contributed by atoms with E-state index >= 15 is 0 Å². The fraction of sp³-hybridized carbons (Fsp3) is 0.944. The van der Waals surface area contributed by atoms with Crippen LogP contribution >= 0.6 is 15.9 Å². The van der Waals surface area contributed by atoms with Crippen molar-refractivity contribution in [1.29, 1.82) is 0 Å². The quantitative estimate of drug-likeness (QED) is 0.103. The predicted molar refractivity (Wildman–Crippen MR) is 123 cm³/mol. The van der Waals surface area contributed by atoms with Crippen molar-refractivity contribution in [1.82, 2.24) is 0 Å². The Hall–Kier alpha value is -0.860. The molecule has 0 radical (unpaired) electrons. The summed E-state index contributed by atoms with van der Waals surface area (Å²) in [6, 6.07) is -4.51. The SMILES string of the molecule is C.C.C.C.C.C.CC(CO)OCCCBr.O=C(F)C(F)(OC(F)(F)C(F)(F)C(F)(F)S(=O)(=O)F)C(F)(F)F. The molecule has 0 amide bonds. The lowest BCUT2D eigenvalue weighted by atomic mass is 10.2. The van der Waals surface area contributed by atoms with Gasteiger partial charge in [0.05, 0.1) is 12.7 Å². The highest BCUT2D eigenvalue weighted by Gasteiger charge is 2.83. The largest absolute Gasteiger partial charge is 0.459 e. The Morgan fingerprint density at radius 1 is 0.895 bits per heavy atom. The van der Waals surface area contributed by atoms with Gasteiger partial charge in [0.25, 0.3) is 0 Å². The molecule has 0 rings (SSSR count). The van der Waals surface area contributed by atoms with Gasteiger partial charge in [0.2, 0.25) is 0 Å². The number of rotatable bonds is 11. The Kier molecular flexibility index (Phi) is 30.2. The molecule has 0 heterocycles. The summed E-state index contributed by atoms with van der Waals surface area (Å²) < 4.78 is 174. The van der Waals surface area contributed by atoms with E-state index in [1.807, 2.05) is 6.92 Å². The zero-order chi connectivity index (χ0) is 26.4. The van der Waals surface area contributed by atoms with E-state index < -0.39 is 45.6 Å². The molecule has 0 fully saturated rings. The summed E-state index contributed by atoms with van der Waals surface area (Å²) in [5.41, 5.74) is 0. The Balaban J connectivity index is -0.0000000871. The Bertz CT molecular complexity index is 723. The number of hydrogen-bond donors (Lipinski definition) is 1. The second-order valence-corrected chi connectivity index (χ2v) is 7.60. The lowest BCUT2D eigenvalue weighted by Gasteiger charge is -2.33. The van der Waals surface area contributed by atoms with Gasteiger partial charge in [0.1, 0.15) is 0 Å². The molecule has 2 atom stereocenters. The molecule has 0 aliphatic rings. The van der Waals surface area contributed by atoms with Crippen LogP contribution in [0.3, 0.4) is 0 Å². The fourth-order valence-electron chi connectivity index (χ4n) is 1.16. The summed E-state index contributed by atoms with van der Waals surface area (Å²) in [6.45, 7) is 2.70. The third kappa shape index (κ3) is 14.0. The maximum atomic E-state index is 12.8. The van der Waals surface area contributed by atoms with Gasteiger partial charge < -0.3 is 9.84 Å². The molecular weight excluding hydrogens is 652 g/mol. The monoisotopic (exact) mass is 688 g/mol. The molecule has 242 valence electrons. The van der Waals surface area contributed by atoms with E-state index in [1.165, 1.54) is 4.74 Å². The molecule has 0 bridgehead atoms. The highest BCUT2D eigenvalue weighted by atomic mass is 79.9. The predicted octanol–water partition coefficient (Wildman–Crippen LogP) is 7.83. The van der Waals surface area contributed by atoms with E-state index in [2.05, 4.69) is 15.9 Å². The summed E-state index contributed by atoms with van der Waals surface area (Å²) in [7, 11) is -7.88. The van der Waals surface area contributed by atoms with Gasteiger partial charge in [0.15, 0.2) is 0 Å². The van der Waals surface area contributed by atoms with Crippen molar-refractivity contribution < 1.29 is 80.0 Å². The highest BCUT2D eigenvalue weighted by Crippen LogP contribution is 2.52. The van der Waals surface area contributed by atoms with Crippen molar-refractivity contribution in [3.8, 4) is 0 Å². The molecule has 0 aromatic rings. The molecule has 0 aromatic heterocycles. The lowest BCUT2D eigenvalue weighted by Crippen LogP contribution is -2.63. The minimum Gasteiger partial charge on any atom is -0.394 e. The molecule has 0 saturated carbocycles. The van der Waals surface area contributed by atoms with Crippen LogP contribution in [-0.2, 0) is 24.5 Å². The minimum absolute atomic E-state index is 0. The van der Waals surface area contributed by atoms with E-state index in [-0.39, 0.29) is 57.3 Å². The Morgan fingerprint density at radius 2 is 1.26 bits per heavy atom.